The molecule has 0 aliphatic carbocycles. The maximum absolute atomic E-state index is 12.5. The number of hydrogen-bond donors (Lipinski definition) is 2. The van der Waals surface area contributed by atoms with Crippen LogP contribution < -0.4 is 10.0 Å². The van der Waals surface area contributed by atoms with Crippen LogP contribution >= 0.6 is 11.3 Å². The first-order chi connectivity index (χ1) is 10.1. The number of nitrogens with one attached hydrogen (secondary N) is 2. The Kier molecular flexibility index (Phi) is 3.57. The Hall–Kier alpha value is -2.05. The Labute approximate surface area is 127 Å². The van der Waals surface area contributed by atoms with Crippen molar-refractivity contribution in [3.63, 3.8) is 0 Å². The van der Waals surface area contributed by atoms with Gasteiger partial charge in [0, 0.05) is 17.4 Å². The van der Waals surface area contributed by atoms with Gasteiger partial charge in [-0.3, -0.25) is 4.72 Å². The molecule has 0 saturated carbocycles. The Morgan fingerprint density at radius 2 is 1.86 bits per heavy atom. The summed E-state index contributed by atoms with van der Waals surface area (Å²) >= 11 is 1.63. The van der Waals surface area contributed by atoms with E-state index < -0.39 is 10.0 Å². The third-order valence-electron chi connectivity index (χ3n) is 3.15. The van der Waals surface area contributed by atoms with Gasteiger partial charge in [-0.25, -0.2) is 8.42 Å². The molecule has 4 nitrogen and oxygen atoms in total. The molecular weight excluding hydrogens is 304 g/mol. The van der Waals surface area contributed by atoms with E-state index in [1.807, 2.05) is 23.6 Å². The van der Waals surface area contributed by atoms with Gasteiger partial charge in [-0.15, -0.1) is 11.3 Å². The van der Waals surface area contributed by atoms with Gasteiger partial charge in [0.1, 0.15) is 4.90 Å². The quantitative estimate of drug-likeness (QED) is 0.770. The summed E-state index contributed by atoms with van der Waals surface area (Å²) in [5, 5.41) is 5.91. The molecule has 0 atom stereocenters. The molecule has 0 unspecified atom stereocenters. The highest BCUT2D eigenvalue weighted by Crippen LogP contribution is 2.27. The molecule has 0 aliphatic heterocycles. The van der Waals surface area contributed by atoms with Gasteiger partial charge in [-0.2, -0.15) is 0 Å². The van der Waals surface area contributed by atoms with Crippen molar-refractivity contribution in [3.05, 3.63) is 53.9 Å². The molecule has 0 bridgehead atoms. The summed E-state index contributed by atoms with van der Waals surface area (Å²) in [5.41, 5.74) is 1.13. The lowest BCUT2D eigenvalue weighted by atomic mass is 10.2. The average Bonchev–Trinajstić information content (AvgIpc) is 2.94. The molecule has 0 spiro atoms. The van der Waals surface area contributed by atoms with Crippen LogP contribution in [0.15, 0.2) is 58.8 Å². The summed E-state index contributed by atoms with van der Waals surface area (Å²) in [7, 11) is -1.92. The molecule has 1 aromatic heterocycles. The van der Waals surface area contributed by atoms with Crippen molar-refractivity contribution in [3.8, 4) is 0 Å². The van der Waals surface area contributed by atoms with Crippen LogP contribution in [0.25, 0.3) is 10.1 Å². The van der Waals surface area contributed by atoms with E-state index in [9.17, 15) is 8.42 Å². The molecule has 0 amide bonds. The summed E-state index contributed by atoms with van der Waals surface area (Å²) in [6, 6.07) is 14.3. The van der Waals surface area contributed by atoms with Crippen LogP contribution in [0.1, 0.15) is 0 Å². The van der Waals surface area contributed by atoms with E-state index in [1.165, 1.54) is 0 Å². The number of sulfonamides is 1. The number of thiophene rings is 1. The number of para-hydroxylation sites is 1. The fourth-order valence-corrected chi connectivity index (χ4v) is 4.18. The fraction of sp³-hybridized carbons (Fsp3) is 0.0667. The van der Waals surface area contributed by atoms with Crippen LogP contribution in [-0.2, 0) is 10.0 Å². The van der Waals surface area contributed by atoms with E-state index in [0.29, 0.717) is 11.4 Å². The van der Waals surface area contributed by atoms with Gasteiger partial charge in [0.2, 0.25) is 0 Å². The van der Waals surface area contributed by atoms with Crippen molar-refractivity contribution >= 4 is 42.8 Å². The van der Waals surface area contributed by atoms with Crippen LogP contribution in [0, 0.1) is 0 Å². The smallest absolute Gasteiger partial charge is 0.263 e. The van der Waals surface area contributed by atoms with Crippen molar-refractivity contribution in [1.29, 1.82) is 0 Å². The SMILES string of the molecule is CNc1ccccc1S(=O)(=O)Nc1ccc2sccc2c1. The first-order valence-corrected chi connectivity index (χ1v) is 8.73. The third-order valence-corrected chi connectivity index (χ3v) is 5.49. The van der Waals surface area contributed by atoms with Gasteiger partial charge in [0.15, 0.2) is 0 Å². The first kappa shape index (κ1) is 13.9. The zero-order chi connectivity index (χ0) is 14.9. The molecule has 2 N–H and O–H groups in total. The summed E-state index contributed by atoms with van der Waals surface area (Å²) in [5.74, 6) is 0. The highest BCUT2D eigenvalue weighted by Gasteiger charge is 2.17. The maximum atomic E-state index is 12.5. The number of hydrogen-bond acceptors (Lipinski definition) is 4. The van der Waals surface area contributed by atoms with Crippen molar-refractivity contribution in [1.82, 2.24) is 0 Å². The number of fused-ring (bicyclic) bond motifs is 1. The largest absolute Gasteiger partial charge is 0.387 e. The van der Waals surface area contributed by atoms with Crippen LogP contribution in [0.4, 0.5) is 11.4 Å². The van der Waals surface area contributed by atoms with Crippen LogP contribution in [-0.4, -0.2) is 15.5 Å². The predicted molar refractivity (Wildman–Crippen MR) is 88.6 cm³/mol. The zero-order valence-corrected chi connectivity index (χ0v) is 13.0. The van der Waals surface area contributed by atoms with Gasteiger partial charge in [-0.05, 0) is 47.2 Å². The van der Waals surface area contributed by atoms with Crippen molar-refractivity contribution in [2.45, 2.75) is 4.90 Å². The van der Waals surface area contributed by atoms with Crippen molar-refractivity contribution < 1.29 is 8.42 Å². The summed E-state index contributed by atoms with van der Waals surface area (Å²) in [6.07, 6.45) is 0. The summed E-state index contributed by atoms with van der Waals surface area (Å²) in [4.78, 5) is 0.234. The van der Waals surface area contributed by atoms with Gasteiger partial charge in [-0.1, -0.05) is 12.1 Å². The molecule has 0 fully saturated rings. The minimum absolute atomic E-state index is 0.234. The van der Waals surface area contributed by atoms with Gasteiger partial charge >= 0.3 is 0 Å². The molecule has 3 aromatic rings. The van der Waals surface area contributed by atoms with Crippen LogP contribution in [0.5, 0.6) is 0 Å². The van der Waals surface area contributed by atoms with E-state index in [-0.39, 0.29) is 4.90 Å². The summed E-state index contributed by atoms with van der Waals surface area (Å²) in [6.45, 7) is 0. The standard InChI is InChI=1S/C15H14N2O2S2/c1-16-13-4-2-3-5-15(13)21(18,19)17-12-6-7-14-11(10-12)8-9-20-14/h2-10,16-17H,1H3. The maximum Gasteiger partial charge on any atom is 0.263 e. The van der Waals surface area contributed by atoms with E-state index >= 15 is 0 Å². The lowest BCUT2D eigenvalue weighted by molar-refractivity contribution is 0.601. The topological polar surface area (TPSA) is 58.2 Å². The Morgan fingerprint density at radius 3 is 2.67 bits per heavy atom. The van der Waals surface area contributed by atoms with Crippen molar-refractivity contribution in [2.75, 3.05) is 17.1 Å². The molecule has 0 saturated heterocycles. The Morgan fingerprint density at radius 1 is 1.05 bits per heavy atom. The molecule has 1 heterocycles. The van der Waals surface area contributed by atoms with Crippen molar-refractivity contribution in [2.24, 2.45) is 0 Å². The lowest BCUT2D eigenvalue weighted by Gasteiger charge is -2.12. The van der Waals surface area contributed by atoms with E-state index in [0.717, 1.165) is 10.1 Å². The highest BCUT2D eigenvalue weighted by atomic mass is 32.2. The van der Waals surface area contributed by atoms with Gasteiger partial charge in [0.05, 0.1) is 5.69 Å². The second kappa shape index (κ2) is 5.38. The number of anilines is 2. The zero-order valence-electron chi connectivity index (χ0n) is 11.3. The monoisotopic (exact) mass is 318 g/mol. The molecule has 0 radical (unpaired) electrons. The normalized spacial score (nSPS) is 11.5. The minimum atomic E-state index is -3.62. The Balaban J connectivity index is 1.98. The second-order valence-electron chi connectivity index (χ2n) is 4.52. The van der Waals surface area contributed by atoms with E-state index in [4.69, 9.17) is 0 Å². The molecule has 108 valence electrons. The molecule has 0 aliphatic rings. The van der Waals surface area contributed by atoms with Gasteiger partial charge in [0.25, 0.3) is 10.0 Å². The second-order valence-corrected chi connectivity index (χ2v) is 7.12. The Bertz CT molecular complexity index is 885. The van der Waals surface area contributed by atoms with Crippen LogP contribution in [0.2, 0.25) is 0 Å². The van der Waals surface area contributed by atoms with Gasteiger partial charge < -0.3 is 5.32 Å². The highest BCUT2D eigenvalue weighted by molar-refractivity contribution is 7.92. The van der Waals surface area contributed by atoms with Crippen LogP contribution in [0.3, 0.4) is 0 Å². The molecule has 3 rings (SSSR count). The first-order valence-electron chi connectivity index (χ1n) is 6.37. The summed E-state index contributed by atoms with van der Waals surface area (Å²) < 4.78 is 28.8. The molecule has 2 aromatic carbocycles. The number of rotatable bonds is 4. The fourth-order valence-electron chi connectivity index (χ4n) is 2.15. The predicted octanol–water partition coefficient (Wildman–Crippen LogP) is 3.74. The lowest BCUT2D eigenvalue weighted by Crippen LogP contribution is -2.14. The number of benzene rings is 2. The molecular formula is C15H14N2O2S2. The third kappa shape index (κ3) is 2.72. The average molecular weight is 318 g/mol. The van der Waals surface area contributed by atoms with E-state index in [2.05, 4.69) is 10.0 Å². The van der Waals surface area contributed by atoms with E-state index in [1.54, 1.807) is 48.7 Å². The minimum Gasteiger partial charge on any atom is -0.387 e. The molecule has 6 heteroatoms. The molecule has 21 heavy (non-hydrogen) atoms.